The van der Waals surface area contributed by atoms with E-state index in [9.17, 15) is 4.79 Å². The first-order chi connectivity index (χ1) is 13.5. The Morgan fingerprint density at radius 2 is 2.04 bits per heavy atom. The fraction of sp³-hybridized carbons (Fsp3) is 0.545. The van der Waals surface area contributed by atoms with E-state index < -0.39 is 0 Å². The second-order valence-corrected chi connectivity index (χ2v) is 8.89. The number of nitrogens with zero attached hydrogens (tertiary/aromatic N) is 3. The number of carbonyl (C=O) groups excluding carboxylic acids is 1. The molecule has 0 aliphatic carbocycles. The molecule has 0 radical (unpaired) electrons. The number of hydrogen-bond donors (Lipinski definition) is 0. The molecule has 6 nitrogen and oxygen atoms in total. The first-order valence-corrected chi connectivity index (χ1v) is 10.2. The summed E-state index contributed by atoms with van der Waals surface area (Å²) < 4.78 is 14.2. The van der Waals surface area contributed by atoms with Gasteiger partial charge in [-0.2, -0.15) is 0 Å². The molecule has 1 aromatic heterocycles. The third-order valence-electron chi connectivity index (χ3n) is 6.35. The second kappa shape index (κ2) is 6.54. The molecule has 5 rings (SSSR count). The lowest BCUT2D eigenvalue weighted by Gasteiger charge is -2.39. The predicted octanol–water partition coefficient (Wildman–Crippen LogP) is 3.37. The highest BCUT2D eigenvalue weighted by Gasteiger charge is 2.43. The average molecular weight is 381 g/mol. The number of ether oxygens (including phenoxy) is 2. The van der Waals surface area contributed by atoms with Crippen molar-refractivity contribution >= 4 is 5.91 Å². The van der Waals surface area contributed by atoms with Gasteiger partial charge in [-0.15, -0.1) is 0 Å². The van der Waals surface area contributed by atoms with Gasteiger partial charge in [0, 0.05) is 42.5 Å². The van der Waals surface area contributed by atoms with Crippen LogP contribution in [0, 0.1) is 0 Å². The zero-order valence-corrected chi connectivity index (χ0v) is 16.5. The molecule has 0 spiro atoms. The van der Waals surface area contributed by atoms with Gasteiger partial charge in [-0.1, -0.05) is 12.1 Å². The molecule has 148 valence electrons. The molecule has 1 aromatic carbocycles. The highest BCUT2D eigenvalue weighted by molar-refractivity contribution is 5.79. The first-order valence-electron chi connectivity index (χ1n) is 10.2. The van der Waals surface area contributed by atoms with E-state index in [1.54, 1.807) is 0 Å². The minimum atomic E-state index is -0.222. The van der Waals surface area contributed by atoms with Gasteiger partial charge in [0.25, 0.3) is 5.91 Å². The number of amides is 1. The number of aromatic nitrogens is 2. The van der Waals surface area contributed by atoms with Crippen LogP contribution in [0.5, 0.6) is 11.5 Å². The van der Waals surface area contributed by atoms with Crippen LogP contribution in [0.3, 0.4) is 0 Å². The smallest absolute Gasteiger partial charge is 0.261 e. The lowest BCUT2D eigenvalue weighted by atomic mass is 9.97. The average Bonchev–Trinajstić information content (AvgIpc) is 3.35. The van der Waals surface area contributed by atoms with Crippen molar-refractivity contribution in [1.29, 1.82) is 0 Å². The maximum Gasteiger partial charge on any atom is 0.261 e. The summed E-state index contributed by atoms with van der Waals surface area (Å²) in [6.45, 7) is 4.22. The van der Waals surface area contributed by atoms with Crippen molar-refractivity contribution < 1.29 is 14.3 Å². The number of piperidine rings is 1. The summed E-state index contributed by atoms with van der Waals surface area (Å²) in [5, 5.41) is 0. The van der Waals surface area contributed by atoms with Gasteiger partial charge >= 0.3 is 0 Å². The minimum Gasteiger partial charge on any atom is -0.483 e. The van der Waals surface area contributed by atoms with Crippen LogP contribution < -0.4 is 9.47 Å². The fourth-order valence-electron chi connectivity index (χ4n) is 5.20. The van der Waals surface area contributed by atoms with Gasteiger partial charge in [-0.05, 0) is 45.6 Å². The van der Waals surface area contributed by atoms with E-state index in [4.69, 9.17) is 9.47 Å². The van der Waals surface area contributed by atoms with Crippen LogP contribution in [0.2, 0.25) is 0 Å². The SMILES string of the molecule is CC1(C)Cc2cccc(OCC(=O)N3C4CCC3CC(n3ccnc3)C4)c2O1. The van der Waals surface area contributed by atoms with Crippen molar-refractivity contribution in [2.24, 2.45) is 0 Å². The van der Waals surface area contributed by atoms with Crippen molar-refractivity contribution in [2.45, 2.75) is 69.7 Å². The monoisotopic (exact) mass is 381 g/mol. The molecular weight excluding hydrogens is 354 g/mol. The Labute approximate surface area is 165 Å². The van der Waals surface area contributed by atoms with Crippen molar-refractivity contribution in [1.82, 2.24) is 14.5 Å². The lowest BCUT2D eigenvalue weighted by Crippen LogP contribution is -2.48. The van der Waals surface area contributed by atoms with Crippen LogP contribution in [-0.4, -0.2) is 44.6 Å². The number of carbonyl (C=O) groups is 1. The maximum absolute atomic E-state index is 13.0. The lowest BCUT2D eigenvalue weighted by molar-refractivity contribution is -0.138. The van der Waals surface area contributed by atoms with Crippen molar-refractivity contribution in [2.75, 3.05) is 6.61 Å². The zero-order chi connectivity index (χ0) is 19.3. The number of para-hydroxylation sites is 1. The van der Waals surface area contributed by atoms with Gasteiger partial charge in [0.2, 0.25) is 0 Å². The summed E-state index contributed by atoms with van der Waals surface area (Å²) in [5.41, 5.74) is 0.927. The fourth-order valence-corrected chi connectivity index (χ4v) is 5.20. The molecule has 3 aliphatic heterocycles. The van der Waals surface area contributed by atoms with Crippen LogP contribution in [0.15, 0.2) is 36.9 Å². The molecule has 2 aromatic rings. The van der Waals surface area contributed by atoms with Crippen LogP contribution in [0.25, 0.3) is 0 Å². The Hall–Kier alpha value is -2.50. The molecule has 2 fully saturated rings. The van der Waals surface area contributed by atoms with Gasteiger partial charge in [-0.3, -0.25) is 4.79 Å². The third kappa shape index (κ3) is 3.05. The predicted molar refractivity (Wildman–Crippen MR) is 105 cm³/mol. The standard InChI is InChI=1S/C22H27N3O3/c1-22(2)12-15-4-3-5-19(21(15)28-22)27-13-20(26)25-16-6-7-17(25)11-18(10-16)24-9-8-23-14-24/h3-5,8-9,14,16-18H,6-7,10-13H2,1-2H3. The molecule has 0 N–H and O–H groups in total. The number of fused-ring (bicyclic) bond motifs is 3. The summed E-state index contributed by atoms with van der Waals surface area (Å²) in [6.07, 6.45) is 10.8. The molecule has 3 aliphatic rings. The Morgan fingerprint density at radius 1 is 1.25 bits per heavy atom. The molecule has 2 atom stereocenters. The Kier molecular flexibility index (Phi) is 4.11. The van der Waals surface area contributed by atoms with E-state index >= 15 is 0 Å². The molecular formula is C22H27N3O3. The quantitative estimate of drug-likeness (QED) is 0.815. The van der Waals surface area contributed by atoms with Gasteiger partial charge < -0.3 is 18.9 Å². The van der Waals surface area contributed by atoms with Crippen molar-refractivity contribution in [3.05, 3.63) is 42.5 Å². The topological polar surface area (TPSA) is 56.6 Å². The Bertz CT molecular complexity index is 863. The largest absolute Gasteiger partial charge is 0.483 e. The van der Waals surface area contributed by atoms with E-state index in [0.717, 1.165) is 43.4 Å². The molecule has 28 heavy (non-hydrogen) atoms. The highest BCUT2D eigenvalue weighted by Crippen LogP contribution is 2.43. The molecule has 4 heterocycles. The van der Waals surface area contributed by atoms with Gasteiger partial charge in [0.05, 0.1) is 6.33 Å². The third-order valence-corrected chi connectivity index (χ3v) is 6.35. The summed E-state index contributed by atoms with van der Waals surface area (Å²) in [6, 6.07) is 6.99. The van der Waals surface area contributed by atoms with Crippen LogP contribution in [-0.2, 0) is 11.2 Å². The molecule has 1 amide bonds. The number of rotatable bonds is 4. The number of hydrogen-bond acceptors (Lipinski definition) is 4. The summed E-state index contributed by atoms with van der Waals surface area (Å²) in [5.74, 6) is 1.56. The van der Waals surface area contributed by atoms with Gasteiger partial charge in [0.1, 0.15) is 5.60 Å². The van der Waals surface area contributed by atoms with E-state index in [1.807, 2.05) is 30.9 Å². The molecule has 2 unspecified atom stereocenters. The second-order valence-electron chi connectivity index (χ2n) is 8.89. The van der Waals surface area contributed by atoms with E-state index in [1.165, 1.54) is 0 Å². The maximum atomic E-state index is 13.0. The number of benzene rings is 1. The summed E-state index contributed by atoms with van der Waals surface area (Å²) in [7, 11) is 0. The van der Waals surface area contributed by atoms with Crippen LogP contribution in [0.1, 0.15) is 51.1 Å². The van der Waals surface area contributed by atoms with Crippen molar-refractivity contribution in [3.63, 3.8) is 0 Å². The summed E-state index contributed by atoms with van der Waals surface area (Å²) in [4.78, 5) is 19.3. The van der Waals surface area contributed by atoms with E-state index in [2.05, 4.69) is 34.4 Å². The van der Waals surface area contributed by atoms with E-state index in [-0.39, 0.29) is 18.1 Å². The zero-order valence-electron chi connectivity index (χ0n) is 16.5. The van der Waals surface area contributed by atoms with Gasteiger partial charge in [-0.25, -0.2) is 4.98 Å². The van der Waals surface area contributed by atoms with Crippen molar-refractivity contribution in [3.8, 4) is 11.5 Å². The van der Waals surface area contributed by atoms with Crippen LogP contribution >= 0.6 is 0 Å². The highest BCUT2D eigenvalue weighted by atomic mass is 16.5. The molecule has 0 saturated carbocycles. The molecule has 2 bridgehead atoms. The number of imidazole rings is 1. The molecule has 2 saturated heterocycles. The van der Waals surface area contributed by atoms with Gasteiger partial charge in [0.15, 0.2) is 18.1 Å². The Morgan fingerprint density at radius 3 is 2.75 bits per heavy atom. The minimum absolute atomic E-state index is 0.0724. The first kappa shape index (κ1) is 17.6. The Balaban J connectivity index is 1.25. The molecule has 6 heteroatoms. The summed E-state index contributed by atoms with van der Waals surface area (Å²) >= 11 is 0. The van der Waals surface area contributed by atoms with E-state index in [0.29, 0.717) is 23.9 Å². The normalized spacial score (nSPS) is 27.4. The van der Waals surface area contributed by atoms with Crippen LogP contribution in [0.4, 0.5) is 0 Å².